The van der Waals surface area contributed by atoms with E-state index in [0.717, 1.165) is 17.7 Å². The van der Waals surface area contributed by atoms with Crippen LogP contribution in [0.15, 0.2) is 11.4 Å². The zero-order valence-electron chi connectivity index (χ0n) is 9.30. The molecule has 2 rings (SSSR count). The number of hydrogen-bond acceptors (Lipinski definition) is 4. The van der Waals surface area contributed by atoms with Gasteiger partial charge in [0.2, 0.25) is 5.91 Å². The van der Waals surface area contributed by atoms with Crippen LogP contribution in [0.2, 0.25) is 0 Å². The quantitative estimate of drug-likeness (QED) is 0.877. The van der Waals surface area contributed by atoms with E-state index < -0.39 is 12.0 Å². The topological polar surface area (TPSA) is 66.4 Å². The van der Waals surface area contributed by atoms with Gasteiger partial charge in [0.25, 0.3) is 0 Å². The van der Waals surface area contributed by atoms with Crippen molar-refractivity contribution in [3.8, 4) is 0 Å². The fraction of sp³-hybridized carbons (Fsp3) is 0.455. The zero-order valence-corrected chi connectivity index (χ0v) is 10.9. The van der Waals surface area contributed by atoms with Gasteiger partial charge in [-0.25, -0.2) is 0 Å². The van der Waals surface area contributed by atoms with Crippen molar-refractivity contribution in [3.63, 3.8) is 0 Å². The van der Waals surface area contributed by atoms with Crippen molar-refractivity contribution < 1.29 is 14.7 Å². The van der Waals surface area contributed by atoms with E-state index in [2.05, 4.69) is 5.32 Å². The van der Waals surface area contributed by atoms with Crippen LogP contribution in [0.4, 0.5) is 0 Å². The number of aliphatic carboxylic acids is 1. The van der Waals surface area contributed by atoms with Crippen molar-refractivity contribution in [1.29, 1.82) is 0 Å². The summed E-state index contributed by atoms with van der Waals surface area (Å²) in [5.41, 5.74) is 1.04. The molecular formula is C11H13NO3S2. The summed E-state index contributed by atoms with van der Waals surface area (Å²) in [5, 5.41) is 13.0. The van der Waals surface area contributed by atoms with Crippen LogP contribution in [0, 0.1) is 0 Å². The Bertz CT molecular complexity index is 444. The van der Waals surface area contributed by atoms with Gasteiger partial charge >= 0.3 is 5.97 Å². The number of rotatable bonds is 3. The minimum Gasteiger partial charge on any atom is -0.480 e. The number of carboxylic acids is 1. The first-order valence-corrected chi connectivity index (χ1v) is 7.23. The number of thioether (sulfide) groups is 1. The highest BCUT2D eigenvalue weighted by molar-refractivity contribution is 8.00. The van der Waals surface area contributed by atoms with E-state index in [-0.39, 0.29) is 11.2 Å². The molecule has 1 aliphatic rings. The van der Waals surface area contributed by atoms with Crippen molar-refractivity contribution in [2.45, 2.75) is 24.6 Å². The number of amides is 1. The summed E-state index contributed by atoms with van der Waals surface area (Å²) in [4.78, 5) is 23.9. The molecule has 4 nitrogen and oxygen atoms in total. The number of carbonyl (C=O) groups excluding carboxylic acids is 1. The standard InChI is InChI=1S/C11H13NO3S2/c1-6(11(14)15)12-10(13)9-7-2-4-16-8(7)3-5-17-9/h2,4,6,9H,3,5H2,1H3,(H,12,13)(H,14,15). The normalized spacial score (nSPS) is 20.4. The van der Waals surface area contributed by atoms with Crippen molar-refractivity contribution in [2.24, 2.45) is 0 Å². The van der Waals surface area contributed by atoms with Gasteiger partial charge in [0.1, 0.15) is 11.3 Å². The van der Waals surface area contributed by atoms with Gasteiger partial charge in [-0.05, 0) is 36.1 Å². The highest BCUT2D eigenvalue weighted by Gasteiger charge is 2.29. The monoisotopic (exact) mass is 271 g/mol. The Morgan fingerprint density at radius 1 is 1.59 bits per heavy atom. The predicted octanol–water partition coefficient (Wildman–Crippen LogP) is 1.67. The molecule has 17 heavy (non-hydrogen) atoms. The number of fused-ring (bicyclic) bond motifs is 1. The van der Waals surface area contributed by atoms with Gasteiger partial charge in [-0.3, -0.25) is 9.59 Å². The molecule has 2 atom stereocenters. The van der Waals surface area contributed by atoms with Gasteiger partial charge < -0.3 is 10.4 Å². The summed E-state index contributed by atoms with van der Waals surface area (Å²) in [6.07, 6.45) is 0.996. The fourth-order valence-corrected chi connectivity index (χ4v) is 4.02. The molecule has 2 N–H and O–H groups in total. The van der Waals surface area contributed by atoms with E-state index in [1.54, 1.807) is 23.1 Å². The van der Waals surface area contributed by atoms with E-state index in [9.17, 15) is 9.59 Å². The van der Waals surface area contributed by atoms with E-state index in [1.807, 2.05) is 11.4 Å². The first-order chi connectivity index (χ1) is 8.09. The van der Waals surface area contributed by atoms with Crippen molar-refractivity contribution in [1.82, 2.24) is 5.32 Å². The molecule has 0 spiro atoms. The lowest BCUT2D eigenvalue weighted by Crippen LogP contribution is -2.40. The Kier molecular flexibility index (Phi) is 3.73. The largest absolute Gasteiger partial charge is 0.480 e. The fourth-order valence-electron chi connectivity index (χ4n) is 1.71. The molecule has 1 amide bonds. The third-order valence-electron chi connectivity index (χ3n) is 2.64. The Labute approximate surface area is 107 Å². The second-order valence-electron chi connectivity index (χ2n) is 3.87. The summed E-state index contributed by atoms with van der Waals surface area (Å²) < 4.78 is 0. The van der Waals surface area contributed by atoms with Crippen LogP contribution in [0.3, 0.4) is 0 Å². The molecule has 0 aliphatic carbocycles. The number of thiophene rings is 1. The second kappa shape index (κ2) is 5.10. The highest BCUT2D eigenvalue weighted by atomic mass is 32.2. The molecular weight excluding hydrogens is 258 g/mol. The van der Waals surface area contributed by atoms with Gasteiger partial charge in [-0.1, -0.05) is 0 Å². The zero-order chi connectivity index (χ0) is 12.4. The van der Waals surface area contributed by atoms with Gasteiger partial charge in [0.15, 0.2) is 0 Å². The molecule has 2 unspecified atom stereocenters. The maximum Gasteiger partial charge on any atom is 0.325 e. The predicted molar refractivity (Wildman–Crippen MR) is 68.5 cm³/mol. The van der Waals surface area contributed by atoms with Gasteiger partial charge in [0.05, 0.1) is 0 Å². The number of carbonyl (C=O) groups is 2. The minimum atomic E-state index is -1.01. The van der Waals surface area contributed by atoms with Crippen LogP contribution in [0.1, 0.15) is 22.6 Å². The SMILES string of the molecule is CC(NC(=O)C1SCCc2sccc21)C(=O)O. The van der Waals surface area contributed by atoms with Crippen molar-refractivity contribution in [2.75, 3.05) is 5.75 Å². The molecule has 0 saturated heterocycles. The number of nitrogens with one attached hydrogen (secondary N) is 1. The first-order valence-electron chi connectivity index (χ1n) is 5.30. The lowest BCUT2D eigenvalue weighted by atomic mass is 10.1. The Morgan fingerprint density at radius 3 is 3.06 bits per heavy atom. The maximum atomic E-state index is 12.0. The number of hydrogen-bond donors (Lipinski definition) is 2. The van der Waals surface area contributed by atoms with E-state index in [1.165, 1.54) is 11.8 Å². The molecule has 0 aromatic carbocycles. The Balaban J connectivity index is 2.09. The summed E-state index contributed by atoms with van der Waals surface area (Å²) in [5.74, 6) is -0.304. The molecule has 0 saturated carbocycles. The van der Waals surface area contributed by atoms with Crippen molar-refractivity contribution >= 4 is 35.0 Å². The van der Waals surface area contributed by atoms with E-state index in [0.29, 0.717) is 0 Å². The molecule has 1 aliphatic heterocycles. The van der Waals surface area contributed by atoms with Crippen molar-refractivity contribution in [3.05, 3.63) is 21.9 Å². The maximum absolute atomic E-state index is 12.0. The smallest absolute Gasteiger partial charge is 0.325 e. The molecule has 92 valence electrons. The molecule has 6 heteroatoms. The number of carboxylic acid groups (broad SMARTS) is 1. The lowest BCUT2D eigenvalue weighted by molar-refractivity contribution is -0.141. The minimum absolute atomic E-state index is 0.204. The molecule has 0 fully saturated rings. The Morgan fingerprint density at radius 2 is 2.35 bits per heavy atom. The van der Waals surface area contributed by atoms with Crippen LogP contribution in [-0.4, -0.2) is 28.8 Å². The van der Waals surface area contributed by atoms with Crippen LogP contribution < -0.4 is 5.32 Å². The molecule has 2 heterocycles. The summed E-state index contributed by atoms with van der Waals surface area (Å²) in [7, 11) is 0. The average Bonchev–Trinajstić information content (AvgIpc) is 2.76. The molecule has 0 bridgehead atoms. The average molecular weight is 271 g/mol. The van der Waals surface area contributed by atoms with Crippen LogP contribution >= 0.6 is 23.1 Å². The van der Waals surface area contributed by atoms with Crippen LogP contribution in [0.5, 0.6) is 0 Å². The third kappa shape index (κ3) is 2.63. The molecule has 0 radical (unpaired) electrons. The second-order valence-corrected chi connectivity index (χ2v) is 6.08. The summed E-state index contributed by atoms with van der Waals surface area (Å²) in [6, 6.07) is 1.12. The van der Waals surface area contributed by atoms with Crippen LogP contribution in [0.25, 0.3) is 0 Å². The van der Waals surface area contributed by atoms with Crippen LogP contribution in [-0.2, 0) is 16.0 Å². The third-order valence-corrected chi connectivity index (χ3v) is 4.88. The highest BCUT2D eigenvalue weighted by Crippen LogP contribution is 2.39. The van der Waals surface area contributed by atoms with Gasteiger partial charge in [0, 0.05) is 4.88 Å². The van der Waals surface area contributed by atoms with E-state index >= 15 is 0 Å². The van der Waals surface area contributed by atoms with E-state index in [4.69, 9.17) is 5.11 Å². The summed E-state index contributed by atoms with van der Waals surface area (Å²) in [6.45, 7) is 1.47. The summed E-state index contributed by atoms with van der Waals surface area (Å²) >= 11 is 3.24. The Hall–Kier alpha value is -1.01. The molecule has 1 aromatic rings. The number of aryl methyl sites for hydroxylation is 1. The lowest BCUT2D eigenvalue weighted by Gasteiger charge is -2.22. The van der Waals surface area contributed by atoms with Gasteiger partial charge in [-0.15, -0.1) is 23.1 Å². The first kappa shape index (κ1) is 12.4. The molecule has 1 aromatic heterocycles. The van der Waals surface area contributed by atoms with Gasteiger partial charge in [-0.2, -0.15) is 0 Å².